The first-order valence-electron chi connectivity index (χ1n) is 8.85. The minimum atomic E-state index is -0.447. The van der Waals surface area contributed by atoms with Gasteiger partial charge in [-0.1, -0.05) is 12.1 Å². The van der Waals surface area contributed by atoms with Crippen molar-refractivity contribution in [2.24, 2.45) is 0 Å². The molecule has 1 aromatic rings. The van der Waals surface area contributed by atoms with Crippen LogP contribution in [0.3, 0.4) is 0 Å². The van der Waals surface area contributed by atoms with Crippen molar-refractivity contribution in [3.05, 3.63) is 28.7 Å². The quantitative estimate of drug-likeness (QED) is 0.680. The first kappa shape index (κ1) is 20.0. The minimum absolute atomic E-state index is 0.160. The standard InChI is InChI=1S/C19H29BrN2O3/c1-15-14-21(11-12-22(15)18(23)25-19(2,3)4)10-7-13-24-17-9-6-5-8-16(17)20/h5-6,8-9,15H,7,10-14H2,1-4H3. The second-order valence-electron chi connectivity index (χ2n) is 7.46. The van der Waals surface area contributed by atoms with Crippen LogP contribution in [0.15, 0.2) is 28.7 Å². The van der Waals surface area contributed by atoms with E-state index >= 15 is 0 Å². The molecular formula is C19H29BrN2O3. The van der Waals surface area contributed by atoms with E-state index in [1.54, 1.807) is 0 Å². The van der Waals surface area contributed by atoms with Gasteiger partial charge in [0.15, 0.2) is 0 Å². The second-order valence-corrected chi connectivity index (χ2v) is 8.31. The third kappa shape index (κ3) is 6.51. The van der Waals surface area contributed by atoms with Gasteiger partial charge in [0.25, 0.3) is 0 Å². The normalized spacial score (nSPS) is 18.9. The molecule has 1 aromatic carbocycles. The molecule has 1 heterocycles. The summed E-state index contributed by atoms with van der Waals surface area (Å²) >= 11 is 3.49. The third-order valence-corrected chi connectivity index (χ3v) is 4.71. The number of carbonyl (C=O) groups is 1. The van der Waals surface area contributed by atoms with Crippen molar-refractivity contribution in [3.8, 4) is 5.75 Å². The molecule has 2 rings (SSSR count). The van der Waals surface area contributed by atoms with Gasteiger partial charge in [-0.25, -0.2) is 4.79 Å². The van der Waals surface area contributed by atoms with Crippen LogP contribution in [-0.2, 0) is 4.74 Å². The Balaban J connectivity index is 1.70. The van der Waals surface area contributed by atoms with Crippen LogP contribution in [0, 0.1) is 0 Å². The maximum atomic E-state index is 12.2. The van der Waals surface area contributed by atoms with Gasteiger partial charge >= 0.3 is 6.09 Å². The highest BCUT2D eigenvalue weighted by Crippen LogP contribution is 2.24. The summed E-state index contributed by atoms with van der Waals surface area (Å²) in [6.07, 6.45) is 0.748. The summed E-state index contributed by atoms with van der Waals surface area (Å²) in [5.74, 6) is 0.880. The number of hydrogen-bond acceptors (Lipinski definition) is 4. The fraction of sp³-hybridized carbons (Fsp3) is 0.632. The number of halogens is 1. The monoisotopic (exact) mass is 412 g/mol. The summed E-state index contributed by atoms with van der Waals surface area (Å²) in [5, 5.41) is 0. The predicted octanol–water partition coefficient (Wildman–Crippen LogP) is 4.16. The molecule has 0 aliphatic carbocycles. The Morgan fingerprint density at radius 1 is 1.28 bits per heavy atom. The smallest absolute Gasteiger partial charge is 0.410 e. The summed E-state index contributed by atoms with van der Waals surface area (Å²) in [6.45, 7) is 11.9. The highest BCUT2D eigenvalue weighted by atomic mass is 79.9. The molecule has 1 atom stereocenters. The summed E-state index contributed by atoms with van der Waals surface area (Å²) in [6, 6.07) is 8.05. The molecule has 0 saturated carbocycles. The lowest BCUT2D eigenvalue weighted by Gasteiger charge is -2.40. The van der Waals surface area contributed by atoms with Gasteiger partial charge < -0.3 is 14.4 Å². The number of carbonyl (C=O) groups excluding carboxylic acids is 1. The van der Waals surface area contributed by atoms with Gasteiger partial charge in [-0.3, -0.25) is 4.90 Å². The number of rotatable bonds is 5. The average molecular weight is 413 g/mol. The van der Waals surface area contributed by atoms with E-state index in [1.807, 2.05) is 49.9 Å². The zero-order valence-corrected chi connectivity index (χ0v) is 17.2. The van der Waals surface area contributed by atoms with Crippen molar-refractivity contribution in [3.63, 3.8) is 0 Å². The Hall–Kier alpha value is -1.27. The third-order valence-electron chi connectivity index (χ3n) is 4.05. The van der Waals surface area contributed by atoms with Gasteiger partial charge in [0.05, 0.1) is 11.1 Å². The van der Waals surface area contributed by atoms with E-state index in [0.29, 0.717) is 13.2 Å². The van der Waals surface area contributed by atoms with E-state index in [4.69, 9.17) is 9.47 Å². The zero-order chi connectivity index (χ0) is 18.4. The Bertz CT molecular complexity index is 574. The number of benzene rings is 1. The molecule has 1 aliphatic rings. The van der Waals surface area contributed by atoms with Crippen LogP contribution >= 0.6 is 15.9 Å². The van der Waals surface area contributed by atoms with E-state index in [-0.39, 0.29) is 12.1 Å². The van der Waals surface area contributed by atoms with Gasteiger partial charge in [-0.2, -0.15) is 0 Å². The maximum Gasteiger partial charge on any atom is 0.410 e. The number of amides is 1. The molecule has 1 aliphatic heterocycles. The van der Waals surface area contributed by atoms with Crippen LogP contribution in [0.5, 0.6) is 5.75 Å². The summed E-state index contributed by atoms with van der Waals surface area (Å²) in [7, 11) is 0. The summed E-state index contributed by atoms with van der Waals surface area (Å²) in [5.41, 5.74) is -0.447. The van der Waals surface area contributed by atoms with E-state index in [2.05, 4.69) is 27.8 Å². The molecule has 0 bridgehead atoms. The maximum absolute atomic E-state index is 12.2. The molecule has 140 valence electrons. The SMILES string of the molecule is CC1CN(CCCOc2ccccc2Br)CCN1C(=O)OC(C)(C)C. The van der Waals surface area contributed by atoms with Crippen molar-refractivity contribution < 1.29 is 14.3 Å². The number of nitrogens with zero attached hydrogens (tertiary/aromatic N) is 2. The van der Waals surface area contributed by atoms with Crippen LogP contribution < -0.4 is 4.74 Å². The predicted molar refractivity (Wildman–Crippen MR) is 103 cm³/mol. The molecule has 0 N–H and O–H groups in total. The van der Waals surface area contributed by atoms with E-state index in [1.165, 1.54) is 0 Å². The Labute approximate surface area is 159 Å². The highest BCUT2D eigenvalue weighted by molar-refractivity contribution is 9.10. The highest BCUT2D eigenvalue weighted by Gasteiger charge is 2.30. The Morgan fingerprint density at radius 3 is 2.64 bits per heavy atom. The summed E-state index contributed by atoms with van der Waals surface area (Å²) in [4.78, 5) is 16.5. The molecule has 0 radical (unpaired) electrons. The molecule has 1 amide bonds. The number of piperazine rings is 1. The number of ether oxygens (including phenoxy) is 2. The lowest BCUT2D eigenvalue weighted by Crippen LogP contribution is -2.55. The van der Waals surface area contributed by atoms with Crippen LogP contribution in [0.2, 0.25) is 0 Å². The lowest BCUT2D eigenvalue weighted by molar-refractivity contribution is 0.00105. The van der Waals surface area contributed by atoms with Crippen LogP contribution in [-0.4, -0.2) is 60.3 Å². The number of para-hydroxylation sites is 1. The molecule has 1 saturated heterocycles. The lowest BCUT2D eigenvalue weighted by atomic mass is 10.2. The molecule has 6 heteroatoms. The molecule has 1 fully saturated rings. The number of hydrogen-bond donors (Lipinski definition) is 0. The van der Waals surface area contributed by atoms with Gasteiger partial charge in [0, 0.05) is 32.2 Å². The first-order chi connectivity index (χ1) is 11.8. The zero-order valence-electron chi connectivity index (χ0n) is 15.6. The molecule has 25 heavy (non-hydrogen) atoms. The first-order valence-corrected chi connectivity index (χ1v) is 9.65. The van der Waals surface area contributed by atoms with Crippen LogP contribution in [0.25, 0.3) is 0 Å². The Kier molecular flexibility index (Phi) is 7.14. The van der Waals surface area contributed by atoms with Gasteiger partial charge in [0.1, 0.15) is 11.4 Å². The van der Waals surface area contributed by atoms with Gasteiger partial charge in [0.2, 0.25) is 0 Å². The van der Waals surface area contributed by atoms with Crippen molar-refractivity contribution >= 4 is 22.0 Å². The average Bonchev–Trinajstić information content (AvgIpc) is 2.51. The topological polar surface area (TPSA) is 42.0 Å². The molecule has 0 aromatic heterocycles. The van der Waals surface area contributed by atoms with E-state index < -0.39 is 5.60 Å². The van der Waals surface area contributed by atoms with E-state index in [0.717, 1.165) is 36.3 Å². The largest absolute Gasteiger partial charge is 0.492 e. The minimum Gasteiger partial charge on any atom is -0.492 e. The van der Waals surface area contributed by atoms with Crippen molar-refractivity contribution in [2.75, 3.05) is 32.8 Å². The molecule has 1 unspecified atom stereocenters. The van der Waals surface area contributed by atoms with Crippen LogP contribution in [0.4, 0.5) is 4.79 Å². The summed E-state index contributed by atoms with van der Waals surface area (Å²) < 4.78 is 12.3. The van der Waals surface area contributed by atoms with E-state index in [9.17, 15) is 4.79 Å². The second kappa shape index (κ2) is 8.90. The molecule has 0 spiro atoms. The van der Waals surface area contributed by atoms with Crippen molar-refractivity contribution in [2.45, 2.75) is 45.8 Å². The van der Waals surface area contributed by atoms with Gasteiger partial charge in [-0.05, 0) is 62.2 Å². The molecule has 5 nitrogen and oxygen atoms in total. The fourth-order valence-electron chi connectivity index (χ4n) is 2.86. The van der Waals surface area contributed by atoms with Crippen LogP contribution in [0.1, 0.15) is 34.1 Å². The van der Waals surface area contributed by atoms with Crippen molar-refractivity contribution in [1.29, 1.82) is 0 Å². The van der Waals surface area contributed by atoms with Crippen molar-refractivity contribution in [1.82, 2.24) is 9.80 Å². The Morgan fingerprint density at radius 2 is 2.00 bits per heavy atom. The fourth-order valence-corrected chi connectivity index (χ4v) is 3.26. The van der Waals surface area contributed by atoms with Gasteiger partial charge in [-0.15, -0.1) is 0 Å². The molecular weight excluding hydrogens is 384 g/mol.